The van der Waals surface area contributed by atoms with Crippen LogP contribution in [-0.4, -0.2) is 22.3 Å². The van der Waals surface area contributed by atoms with Gasteiger partial charge in [0.05, 0.1) is 6.10 Å². The number of hydrogen-bond acceptors (Lipinski definition) is 4. The molecule has 2 unspecified atom stereocenters. The minimum Gasteiger partial charge on any atom is -0.473 e. The van der Waals surface area contributed by atoms with Gasteiger partial charge in [-0.1, -0.05) is 5.57 Å². The zero-order chi connectivity index (χ0) is 13.8. The topological polar surface area (TPSA) is 53.4 Å². The van der Waals surface area contributed by atoms with Crippen LogP contribution in [0.1, 0.15) is 39.8 Å². The van der Waals surface area contributed by atoms with Crippen molar-refractivity contribution < 1.29 is 9.47 Å². The van der Waals surface area contributed by atoms with E-state index in [0.717, 1.165) is 12.8 Å². The van der Waals surface area contributed by atoms with Crippen molar-refractivity contribution in [2.75, 3.05) is 6.61 Å². The van der Waals surface area contributed by atoms with E-state index in [0.29, 0.717) is 12.5 Å². The Morgan fingerprint density at radius 2 is 2.37 bits per heavy atom. The molecule has 1 aromatic rings. The highest BCUT2D eigenvalue weighted by Gasteiger charge is 2.24. The van der Waals surface area contributed by atoms with Crippen LogP contribution in [0.5, 0.6) is 5.88 Å². The molecule has 1 saturated heterocycles. The SMILES string of the molecule is CC(C)=CCOc1ccn(C2CCC(C)O2)c(=O)n1. The van der Waals surface area contributed by atoms with Crippen LogP contribution in [0, 0.1) is 0 Å². The average Bonchev–Trinajstić information content (AvgIpc) is 2.75. The first-order valence-electron chi connectivity index (χ1n) is 6.57. The van der Waals surface area contributed by atoms with Gasteiger partial charge >= 0.3 is 5.69 Å². The summed E-state index contributed by atoms with van der Waals surface area (Å²) < 4.78 is 12.6. The molecule has 0 aromatic carbocycles. The van der Waals surface area contributed by atoms with Gasteiger partial charge < -0.3 is 9.47 Å². The van der Waals surface area contributed by atoms with Crippen molar-refractivity contribution in [1.82, 2.24) is 9.55 Å². The molecule has 104 valence electrons. The molecule has 5 heteroatoms. The third-order valence-electron chi connectivity index (χ3n) is 3.05. The van der Waals surface area contributed by atoms with Crippen LogP contribution in [-0.2, 0) is 4.74 Å². The van der Waals surface area contributed by atoms with Crippen molar-refractivity contribution in [3.8, 4) is 5.88 Å². The first kappa shape index (κ1) is 13.8. The van der Waals surface area contributed by atoms with Crippen molar-refractivity contribution >= 4 is 0 Å². The monoisotopic (exact) mass is 264 g/mol. The number of ether oxygens (including phenoxy) is 2. The molecular formula is C14H20N2O3. The lowest BCUT2D eigenvalue weighted by atomic mass is 10.2. The van der Waals surface area contributed by atoms with Gasteiger partial charge in [-0.3, -0.25) is 4.57 Å². The number of rotatable bonds is 4. The third kappa shape index (κ3) is 3.67. The van der Waals surface area contributed by atoms with E-state index in [9.17, 15) is 4.79 Å². The normalized spacial score (nSPS) is 22.3. The third-order valence-corrected chi connectivity index (χ3v) is 3.05. The second-order valence-electron chi connectivity index (χ2n) is 5.03. The number of allylic oxidation sites excluding steroid dienone is 1. The highest BCUT2D eigenvalue weighted by atomic mass is 16.5. The zero-order valence-corrected chi connectivity index (χ0v) is 11.6. The van der Waals surface area contributed by atoms with Crippen molar-refractivity contribution in [1.29, 1.82) is 0 Å². The minimum atomic E-state index is -0.325. The zero-order valence-electron chi connectivity index (χ0n) is 11.6. The Hall–Kier alpha value is -1.62. The fourth-order valence-electron chi connectivity index (χ4n) is 1.98. The van der Waals surface area contributed by atoms with E-state index >= 15 is 0 Å². The van der Waals surface area contributed by atoms with Crippen LogP contribution in [0.15, 0.2) is 28.7 Å². The van der Waals surface area contributed by atoms with Gasteiger partial charge in [0.25, 0.3) is 0 Å². The Morgan fingerprint density at radius 1 is 1.58 bits per heavy atom. The summed E-state index contributed by atoms with van der Waals surface area (Å²) in [5, 5.41) is 0. The average molecular weight is 264 g/mol. The molecular weight excluding hydrogens is 244 g/mol. The highest BCUT2D eigenvalue weighted by molar-refractivity contribution is 5.07. The van der Waals surface area contributed by atoms with Gasteiger partial charge in [0.1, 0.15) is 12.8 Å². The molecule has 0 N–H and O–H groups in total. The summed E-state index contributed by atoms with van der Waals surface area (Å²) in [4.78, 5) is 15.8. The predicted octanol–water partition coefficient (Wildman–Crippen LogP) is 2.29. The number of nitrogens with zero attached hydrogens (tertiary/aromatic N) is 2. The van der Waals surface area contributed by atoms with Crippen LogP contribution in [0.2, 0.25) is 0 Å². The van der Waals surface area contributed by atoms with Gasteiger partial charge in [0.2, 0.25) is 5.88 Å². The Balaban J connectivity index is 2.05. The second-order valence-corrected chi connectivity index (χ2v) is 5.03. The molecule has 2 heterocycles. The summed E-state index contributed by atoms with van der Waals surface area (Å²) in [6, 6.07) is 1.70. The molecule has 2 rings (SSSR count). The van der Waals surface area contributed by atoms with Crippen molar-refractivity contribution in [2.24, 2.45) is 0 Å². The molecule has 0 aliphatic carbocycles. The van der Waals surface area contributed by atoms with E-state index in [1.165, 1.54) is 10.1 Å². The summed E-state index contributed by atoms with van der Waals surface area (Å²) in [6.07, 6.45) is 5.45. The lowest BCUT2D eigenvalue weighted by Gasteiger charge is -2.14. The van der Waals surface area contributed by atoms with Crippen LogP contribution >= 0.6 is 0 Å². The summed E-state index contributed by atoms with van der Waals surface area (Å²) in [5.41, 5.74) is 0.843. The largest absolute Gasteiger partial charge is 0.473 e. The molecule has 1 aromatic heterocycles. The van der Waals surface area contributed by atoms with Crippen molar-refractivity contribution in [3.05, 3.63) is 34.4 Å². The van der Waals surface area contributed by atoms with E-state index in [2.05, 4.69) is 4.98 Å². The van der Waals surface area contributed by atoms with Crippen LogP contribution < -0.4 is 10.4 Å². The fraction of sp³-hybridized carbons (Fsp3) is 0.571. The van der Waals surface area contributed by atoms with E-state index in [4.69, 9.17) is 9.47 Å². The first-order chi connectivity index (χ1) is 9.06. The van der Waals surface area contributed by atoms with E-state index in [1.54, 1.807) is 12.3 Å². The standard InChI is InChI=1S/C14H20N2O3/c1-10(2)7-9-18-12-6-8-16(14(17)15-12)13-5-4-11(3)19-13/h6-8,11,13H,4-5,9H2,1-3H3. The fourth-order valence-corrected chi connectivity index (χ4v) is 1.98. The highest BCUT2D eigenvalue weighted by Crippen LogP contribution is 2.26. The Labute approximate surface area is 112 Å². The molecule has 19 heavy (non-hydrogen) atoms. The van der Waals surface area contributed by atoms with E-state index < -0.39 is 0 Å². The predicted molar refractivity (Wildman–Crippen MR) is 72.2 cm³/mol. The van der Waals surface area contributed by atoms with Gasteiger partial charge in [-0.25, -0.2) is 4.79 Å². The van der Waals surface area contributed by atoms with E-state index in [1.807, 2.05) is 26.8 Å². The van der Waals surface area contributed by atoms with Gasteiger partial charge in [0, 0.05) is 12.3 Å². The summed E-state index contributed by atoms with van der Waals surface area (Å²) in [6.45, 7) is 6.42. The summed E-state index contributed by atoms with van der Waals surface area (Å²) in [5.74, 6) is 0.352. The first-order valence-corrected chi connectivity index (χ1v) is 6.57. The van der Waals surface area contributed by atoms with Crippen molar-refractivity contribution in [3.63, 3.8) is 0 Å². The molecule has 1 aliphatic rings. The Morgan fingerprint density at radius 3 is 2.95 bits per heavy atom. The molecule has 0 spiro atoms. The lowest BCUT2D eigenvalue weighted by Crippen LogP contribution is -2.26. The molecule has 0 radical (unpaired) electrons. The Bertz CT molecular complexity index is 518. The maximum absolute atomic E-state index is 11.9. The summed E-state index contributed by atoms with van der Waals surface area (Å²) in [7, 11) is 0. The minimum absolute atomic E-state index is 0.193. The van der Waals surface area contributed by atoms with Crippen molar-refractivity contribution in [2.45, 2.75) is 45.9 Å². The van der Waals surface area contributed by atoms with Gasteiger partial charge in [-0.15, -0.1) is 0 Å². The Kier molecular flexibility index (Phi) is 4.37. The number of aromatic nitrogens is 2. The van der Waals surface area contributed by atoms with Crippen LogP contribution in [0.4, 0.5) is 0 Å². The van der Waals surface area contributed by atoms with Crippen LogP contribution in [0.3, 0.4) is 0 Å². The number of hydrogen-bond donors (Lipinski definition) is 0. The van der Waals surface area contributed by atoms with E-state index in [-0.39, 0.29) is 18.0 Å². The van der Waals surface area contributed by atoms with Crippen LogP contribution in [0.25, 0.3) is 0 Å². The molecule has 0 amide bonds. The van der Waals surface area contributed by atoms with Gasteiger partial charge in [-0.2, -0.15) is 4.98 Å². The molecule has 1 fully saturated rings. The maximum atomic E-state index is 11.9. The van der Waals surface area contributed by atoms with Gasteiger partial charge in [0.15, 0.2) is 0 Å². The molecule has 2 atom stereocenters. The lowest BCUT2D eigenvalue weighted by molar-refractivity contribution is 0.00781. The summed E-state index contributed by atoms with van der Waals surface area (Å²) >= 11 is 0. The van der Waals surface area contributed by atoms with Gasteiger partial charge in [-0.05, 0) is 39.7 Å². The smallest absolute Gasteiger partial charge is 0.352 e. The molecule has 0 saturated carbocycles. The maximum Gasteiger partial charge on any atom is 0.352 e. The quantitative estimate of drug-likeness (QED) is 0.783. The molecule has 1 aliphatic heterocycles. The molecule has 5 nitrogen and oxygen atoms in total. The second kappa shape index (κ2) is 6.02. The molecule has 0 bridgehead atoms.